The average Bonchev–Trinajstić information content (AvgIpc) is 2.81. The number of hydrogen-bond donors (Lipinski definition) is 1. The Morgan fingerprint density at radius 3 is 2.31 bits per heavy atom. The van der Waals surface area contributed by atoms with Crippen LogP contribution in [0.5, 0.6) is 0 Å². The maximum atomic E-state index is 12.9. The van der Waals surface area contributed by atoms with Gasteiger partial charge < -0.3 is 5.32 Å². The Morgan fingerprint density at radius 1 is 0.846 bits per heavy atom. The van der Waals surface area contributed by atoms with Crippen molar-refractivity contribution < 1.29 is 4.79 Å². The van der Waals surface area contributed by atoms with Gasteiger partial charge in [-0.25, -0.2) is 4.99 Å². The lowest BCUT2D eigenvalue weighted by atomic mass is 9.99. The number of anilines is 1. The van der Waals surface area contributed by atoms with Gasteiger partial charge in [-0.15, -0.1) is 0 Å². The predicted octanol–water partition coefficient (Wildman–Crippen LogP) is 5.50. The summed E-state index contributed by atoms with van der Waals surface area (Å²) >= 11 is 5.97. The van der Waals surface area contributed by atoms with E-state index in [1.165, 1.54) is 0 Å². The molecule has 0 atom stereocenters. The Kier molecular flexibility index (Phi) is 4.38. The van der Waals surface area contributed by atoms with Gasteiger partial charge in [-0.1, -0.05) is 66.2 Å². The molecule has 3 aromatic carbocycles. The van der Waals surface area contributed by atoms with E-state index in [0.29, 0.717) is 22.0 Å². The summed E-state index contributed by atoms with van der Waals surface area (Å²) < 4.78 is 0. The molecule has 1 amide bonds. The van der Waals surface area contributed by atoms with E-state index in [4.69, 9.17) is 16.6 Å². The molecule has 0 fully saturated rings. The smallest absolute Gasteiger partial charge is 0.257 e. The molecule has 26 heavy (non-hydrogen) atoms. The summed E-state index contributed by atoms with van der Waals surface area (Å²) in [5, 5.41) is 3.61. The van der Waals surface area contributed by atoms with Crippen LogP contribution in [0.4, 0.5) is 11.4 Å². The minimum atomic E-state index is -0.187. The molecule has 0 radical (unpaired) electrons. The average molecular weight is 359 g/mol. The fourth-order valence-corrected chi connectivity index (χ4v) is 2.96. The van der Waals surface area contributed by atoms with Gasteiger partial charge in [0.1, 0.15) is 0 Å². The predicted molar refractivity (Wildman–Crippen MR) is 107 cm³/mol. The molecule has 4 rings (SSSR count). The van der Waals surface area contributed by atoms with Crippen LogP contribution in [0.1, 0.15) is 11.1 Å². The molecule has 0 saturated heterocycles. The maximum Gasteiger partial charge on any atom is 0.257 e. The molecule has 0 aliphatic carbocycles. The first-order valence-corrected chi connectivity index (χ1v) is 8.61. The fourth-order valence-electron chi connectivity index (χ4n) is 2.83. The van der Waals surface area contributed by atoms with Crippen LogP contribution in [0.25, 0.3) is 6.08 Å². The van der Waals surface area contributed by atoms with Crippen LogP contribution in [0.3, 0.4) is 0 Å². The molecule has 0 spiro atoms. The van der Waals surface area contributed by atoms with Gasteiger partial charge in [-0.05, 0) is 35.9 Å². The van der Waals surface area contributed by atoms with E-state index >= 15 is 0 Å². The zero-order valence-corrected chi connectivity index (χ0v) is 14.6. The fraction of sp³-hybridized carbons (Fsp3) is 0. The van der Waals surface area contributed by atoms with E-state index in [2.05, 4.69) is 5.32 Å². The van der Waals surface area contributed by atoms with E-state index in [9.17, 15) is 4.79 Å². The summed E-state index contributed by atoms with van der Waals surface area (Å²) in [6, 6.07) is 24.6. The molecule has 3 nitrogen and oxygen atoms in total. The number of nitrogens with zero attached hydrogens (tertiary/aromatic N) is 1. The van der Waals surface area contributed by atoms with Gasteiger partial charge in [-0.2, -0.15) is 0 Å². The minimum Gasteiger partial charge on any atom is -0.320 e. The molecule has 0 unspecified atom stereocenters. The Balaban J connectivity index is 1.91. The molecular weight excluding hydrogens is 344 g/mol. The summed E-state index contributed by atoms with van der Waals surface area (Å²) in [4.78, 5) is 17.7. The van der Waals surface area contributed by atoms with E-state index < -0.39 is 0 Å². The second kappa shape index (κ2) is 6.98. The van der Waals surface area contributed by atoms with Crippen molar-refractivity contribution in [2.45, 2.75) is 0 Å². The third kappa shape index (κ3) is 3.30. The number of aliphatic imine (C=N–C) groups is 1. The van der Waals surface area contributed by atoms with Crippen LogP contribution in [-0.2, 0) is 4.79 Å². The number of carbonyl (C=O) groups is 1. The number of hydrogen-bond acceptors (Lipinski definition) is 2. The third-order valence-electron chi connectivity index (χ3n) is 4.11. The lowest BCUT2D eigenvalue weighted by Gasteiger charge is -2.09. The lowest BCUT2D eigenvalue weighted by Crippen LogP contribution is -2.19. The molecule has 1 aliphatic heterocycles. The van der Waals surface area contributed by atoms with Gasteiger partial charge >= 0.3 is 0 Å². The summed E-state index contributed by atoms with van der Waals surface area (Å²) in [5.41, 5.74) is 4.36. The molecule has 0 aromatic heterocycles. The van der Waals surface area contributed by atoms with Crippen molar-refractivity contribution in [2.75, 3.05) is 5.32 Å². The van der Waals surface area contributed by atoms with Gasteiger partial charge in [0, 0.05) is 10.6 Å². The van der Waals surface area contributed by atoms with Crippen molar-refractivity contribution >= 4 is 40.7 Å². The minimum absolute atomic E-state index is 0.187. The molecule has 126 valence electrons. The number of rotatable bonds is 2. The van der Waals surface area contributed by atoms with E-state index in [1.54, 1.807) is 12.1 Å². The van der Waals surface area contributed by atoms with Crippen molar-refractivity contribution in [3.63, 3.8) is 0 Å². The zero-order chi connectivity index (χ0) is 17.9. The maximum absolute atomic E-state index is 12.9. The first-order valence-electron chi connectivity index (χ1n) is 8.23. The lowest BCUT2D eigenvalue weighted by molar-refractivity contribution is -0.112. The number of fused-ring (bicyclic) bond motifs is 1. The number of amides is 1. The molecule has 3 aromatic rings. The molecule has 1 heterocycles. The molecule has 4 heteroatoms. The van der Waals surface area contributed by atoms with E-state index in [1.807, 2.05) is 72.8 Å². The first kappa shape index (κ1) is 16.3. The molecule has 1 aliphatic rings. The highest BCUT2D eigenvalue weighted by Gasteiger charge is 2.22. The Labute approximate surface area is 156 Å². The quantitative estimate of drug-likeness (QED) is 0.604. The highest BCUT2D eigenvalue weighted by atomic mass is 35.5. The van der Waals surface area contributed by atoms with Gasteiger partial charge in [0.25, 0.3) is 5.91 Å². The van der Waals surface area contributed by atoms with Crippen molar-refractivity contribution in [1.82, 2.24) is 0 Å². The number of benzene rings is 3. The number of carbonyl (C=O) groups excluding carboxylic acids is 1. The highest BCUT2D eigenvalue weighted by molar-refractivity contribution is 6.35. The molecule has 0 saturated carbocycles. The van der Waals surface area contributed by atoms with Crippen LogP contribution in [0.2, 0.25) is 5.02 Å². The first-order chi connectivity index (χ1) is 12.7. The normalized spacial score (nSPS) is 15.0. The molecular formula is C22H15ClN2O. The topological polar surface area (TPSA) is 41.5 Å². The van der Waals surface area contributed by atoms with Crippen molar-refractivity contribution in [2.24, 2.45) is 4.99 Å². The van der Waals surface area contributed by atoms with Crippen LogP contribution in [-0.4, -0.2) is 11.6 Å². The Bertz CT molecular complexity index is 1020. The van der Waals surface area contributed by atoms with Crippen LogP contribution >= 0.6 is 11.6 Å². The number of nitrogens with one attached hydrogen (secondary N) is 1. The van der Waals surface area contributed by atoms with E-state index in [-0.39, 0.29) is 5.91 Å². The van der Waals surface area contributed by atoms with Gasteiger partial charge in [0.05, 0.1) is 22.7 Å². The van der Waals surface area contributed by atoms with Gasteiger partial charge in [0.2, 0.25) is 0 Å². The molecule has 1 N–H and O–H groups in total. The summed E-state index contributed by atoms with van der Waals surface area (Å²) in [7, 11) is 0. The number of para-hydroxylation sites is 2. The summed E-state index contributed by atoms with van der Waals surface area (Å²) in [6.07, 6.45) is 1.84. The summed E-state index contributed by atoms with van der Waals surface area (Å²) in [6.45, 7) is 0. The van der Waals surface area contributed by atoms with Crippen molar-refractivity contribution in [1.29, 1.82) is 0 Å². The standard InChI is InChI=1S/C22H15ClN2O/c23-17-12-10-15(11-13-17)14-18-21(16-6-2-1-3-7-16)24-19-8-4-5-9-20(19)25-22(18)26/h1-14H,(H,25,26)/b18-14+. The van der Waals surface area contributed by atoms with Gasteiger partial charge in [0.15, 0.2) is 0 Å². The highest BCUT2D eigenvalue weighted by Crippen LogP contribution is 2.31. The monoisotopic (exact) mass is 358 g/mol. The summed E-state index contributed by atoms with van der Waals surface area (Å²) in [5.74, 6) is -0.187. The zero-order valence-electron chi connectivity index (χ0n) is 13.8. The van der Waals surface area contributed by atoms with Crippen molar-refractivity contribution in [3.8, 4) is 0 Å². The molecule has 0 bridgehead atoms. The number of halogens is 1. The van der Waals surface area contributed by atoms with Crippen LogP contribution < -0.4 is 5.32 Å². The van der Waals surface area contributed by atoms with Crippen molar-refractivity contribution in [3.05, 3.63) is 101 Å². The Hall–Kier alpha value is -3.17. The third-order valence-corrected chi connectivity index (χ3v) is 4.36. The largest absolute Gasteiger partial charge is 0.320 e. The van der Waals surface area contributed by atoms with Crippen LogP contribution in [0.15, 0.2) is 89.4 Å². The second-order valence-electron chi connectivity index (χ2n) is 5.91. The second-order valence-corrected chi connectivity index (χ2v) is 6.34. The Morgan fingerprint density at radius 2 is 1.54 bits per heavy atom. The van der Waals surface area contributed by atoms with Crippen LogP contribution in [0, 0.1) is 0 Å². The SMILES string of the molecule is O=C1Nc2ccccc2N=C(c2ccccc2)/C1=C\c1ccc(Cl)cc1. The van der Waals surface area contributed by atoms with E-state index in [0.717, 1.165) is 16.8 Å². The van der Waals surface area contributed by atoms with Gasteiger partial charge in [-0.3, -0.25) is 4.79 Å².